The minimum absolute atomic E-state index is 0.0201. The number of hydrogen-bond acceptors (Lipinski definition) is 2. The van der Waals surface area contributed by atoms with Crippen molar-refractivity contribution in [1.29, 1.82) is 0 Å². The minimum atomic E-state index is -4.48. The van der Waals surface area contributed by atoms with Gasteiger partial charge in [0, 0.05) is 6.42 Å². The molecule has 0 aliphatic rings. The van der Waals surface area contributed by atoms with Crippen LogP contribution in [-0.2, 0) is 17.4 Å². The van der Waals surface area contributed by atoms with Crippen molar-refractivity contribution in [3.8, 4) is 0 Å². The first-order valence-corrected chi connectivity index (χ1v) is 7.06. The van der Waals surface area contributed by atoms with Gasteiger partial charge in [0.1, 0.15) is 0 Å². The Balaban J connectivity index is 2.07. The Bertz CT molecular complexity index is 757. The average Bonchev–Trinajstić information content (AvgIpc) is 2.52. The summed E-state index contributed by atoms with van der Waals surface area (Å²) in [5.41, 5.74) is -0.726. The lowest BCUT2D eigenvalue weighted by atomic mass is 10.0. The number of carbonyl (C=O) groups is 2. The van der Waals surface area contributed by atoms with E-state index in [0.717, 1.165) is 6.07 Å². The summed E-state index contributed by atoms with van der Waals surface area (Å²) in [6.45, 7) is 0. The highest BCUT2D eigenvalue weighted by atomic mass is 19.4. The van der Waals surface area contributed by atoms with Gasteiger partial charge >= 0.3 is 12.1 Å². The Morgan fingerprint density at radius 3 is 2.29 bits per heavy atom. The maximum Gasteiger partial charge on any atom is 0.416 e. The molecule has 0 radical (unpaired) electrons. The third-order valence-electron chi connectivity index (χ3n) is 3.38. The minimum Gasteiger partial charge on any atom is -0.478 e. The molecule has 2 aromatic carbocycles. The van der Waals surface area contributed by atoms with Gasteiger partial charge in [-0.3, -0.25) is 4.79 Å². The van der Waals surface area contributed by atoms with Gasteiger partial charge in [-0.25, -0.2) is 4.79 Å². The van der Waals surface area contributed by atoms with Crippen LogP contribution in [0.4, 0.5) is 18.9 Å². The number of hydrogen-bond donors (Lipinski definition) is 2. The fourth-order valence-electron chi connectivity index (χ4n) is 2.25. The van der Waals surface area contributed by atoms with E-state index in [9.17, 15) is 22.8 Å². The first kappa shape index (κ1) is 17.5. The second-order valence-corrected chi connectivity index (χ2v) is 5.05. The van der Waals surface area contributed by atoms with Crippen LogP contribution in [0.15, 0.2) is 48.5 Å². The lowest BCUT2D eigenvalue weighted by molar-refractivity contribution is -0.138. The predicted molar refractivity (Wildman–Crippen MR) is 81.8 cm³/mol. The summed E-state index contributed by atoms with van der Waals surface area (Å²) >= 11 is 0. The summed E-state index contributed by atoms with van der Waals surface area (Å²) in [5.74, 6) is -1.76. The Labute approximate surface area is 135 Å². The molecule has 0 unspecified atom stereocenters. The zero-order chi connectivity index (χ0) is 17.7. The fraction of sp³-hybridized carbons (Fsp3) is 0.176. The van der Waals surface area contributed by atoms with Crippen molar-refractivity contribution < 1.29 is 27.9 Å². The summed E-state index contributed by atoms with van der Waals surface area (Å²) in [6, 6.07) is 10.9. The summed E-state index contributed by atoms with van der Waals surface area (Å²) in [5, 5.41) is 11.5. The second-order valence-electron chi connectivity index (χ2n) is 5.05. The van der Waals surface area contributed by atoms with E-state index in [0.29, 0.717) is 0 Å². The van der Waals surface area contributed by atoms with Crippen molar-refractivity contribution in [2.24, 2.45) is 0 Å². The molecule has 0 aliphatic carbocycles. The Morgan fingerprint density at radius 2 is 1.62 bits per heavy atom. The number of benzene rings is 2. The van der Waals surface area contributed by atoms with Crippen LogP contribution in [0.3, 0.4) is 0 Å². The molecule has 2 N–H and O–H groups in total. The van der Waals surface area contributed by atoms with E-state index in [1.54, 1.807) is 6.07 Å². The molecule has 4 nitrogen and oxygen atoms in total. The molecule has 0 aliphatic heterocycles. The molecule has 0 aromatic heterocycles. The van der Waals surface area contributed by atoms with Crippen LogP contribution in [-0.4, -0.2) is 17.0 Å². The molecule has 0 bridgehead atoms. The van der Waals surface area contributed by atoms with Crippen LogP contribution in [0, 0.1) is 0 Å². The highest BCUT2D eigenvalue weighted by Gasteiger charge is 2.32. The maximum atomic E-state index is 12.9. The molecule has 0 fully saturated rings. The number of aromatic carboxylic acids is 1. The van der Waals surface area contributed by atoms with Crippen molar-refractivity contribution >= 4 is 17.6 Å². The first-order chi connectivity index (χ1) is 11.3. The quantitative estimate of drug-likeness (QED) is 0.867. The second kappa shape index (κ2) is 7.16. The fourth-order valence-corrected chi connectivity index (χ4v) is 2.25. The van der Waals surface area contributed by atoms with E-state index in [2.05, 4.69) is 5.32 Å². The van der Waals surface area contributed by atoms with Gasteiger partial charge < -0.3 is 10.4 Å². The number of halogens is 3. The van der Waals surface area contributed by atoms with Crippen molar-refractivity contribution in [3.63, 3.8) is 0 Å². The predicted octanol–water partition coefficient (Wildman–Crippen LogP) is 3.97. The van der Waals surface area contributed by atoms with E-state index in [4.69, 9.17) is 5.11 Å². The van der Waals surface area contributed by atoms with Crippen molar-refractivity contribution in [1.82, 2.24) is 0 Å². The molecule has 24 heavy (non-hydrogen) atoms. The molecule has 126 valence electrons. The summed E-state index contributed by atoms with van der Waals surface area (Å²) in [6.07, 6.45) is -4.78. The molecule has 0 saturated heterocycles. The van der Waals surface area contributed by atoms with E-state index in [-0.39, 0.29) is 29.7 Å². The summed E-state index contributed by atoms with van der Waals surface area (Å²) in [4.78, 5) is 23.0. The van der Waals surface area contributed by atoms with Gasteiger partial charge in [-0.2, -0.15) is 13.2 Å². The van der Waals surface area contributed by atoms with Gasteiger partial charge in [-0.05, 0) is 30.2 Å². The van der Waals surface area contributed by atoms with Crippen molar-refractivity contribution in [2.75, 3.05) is 5.32 Å². The third-order valence-corrected chi connectivity index (χ3v) is 3.38. The topological polar surface area (TPSA) is 66.4 Å². The molecule has 1 amide bonds. The van der Waals surface area contributed by atoms with E-state index < -0.39 is 23.6 Å². The zero-order valence-electron chi connectivity index (χ0n) is 12.4. The first-order valence-electron chi connectivity index (χ1n) is 7.06. The number of para-hydroxylation sites is 1. The number of carboxylic acids is 1. The maximum absolute atomic E-state index is 12.9. The number of nitrogens with one attached hydrogen (secondary N) is 1. The Hall–Kier alpha value is -2.83. The smallest absolute Gasteiger partial charge is 0.416 e. The Kier molecular flexibility index (Phi) is 5.23. The van der Waals surface area contributed by atoms with E-state index in [1.807, 2.05) is 0 Å². The molecule has 0 heterocycles. The molecule has 2 aromatic rings. The van der Waals surface area contributed by atoms with Gasteiger partial charge in [-0.15, -0.1) is 0 Å². The molecule has 0 atom stereocenters. The standard InChI is InChI=1S/C17H14F3NO3/c18-17(19,20)13-7-3-1-5-11(13)9-10-15(22)21-14-8-4-2-6-12(14)16(23)24/h1-8H,9-10H2,(H,21,22)(H,23,24). The highest BCUT2D eigenvalue weighted by Crippen LogP contribution is 2.32. The van der Waals surface area contributed by atoms with Crippen LogP contribution < -0.4 is 5.32 Å². The van der Waals surface area contributed by atoms with E-state index >= 15 is 0 Å². The van der Waals surface area contributed by atoms with E-state index in [1.165, 1.54) is 36.4 Å². The van der Waals surface area contributed by atoms with Gasteiger partial charge in [0.2, 0.25) is 5.91 Å². The average molecular weight is 337 g/mol. The van der Waals surface area contributed by atoms with Gasteiger partial charge in [-0.1, -0.05) is 30.3 Å². The number of amides is 1. The molecule has 0 saturated carbocycles. The molecular weight excluding hydrogens is 323 g/mol. The number of alkyl halides is 3. The zero-order valence-corrected chi connectivity index (χ0v) is 12.4. The monoisotopic (exact) mass is 337 g/mol. The van der Waals surface area contributed by atoms with Crippen LogP contribution in [0.5, 0.6) is 0 Å². The molecule has 2 rings (SSSR count). The Morgan fingerprint density at radius 1 is 1.00 bits per heavy atom. The largest absolute Gasteiger partial charge is 0.478 e. The van der Waals surface area contributed by atoms with Crippen LogP contribution >= 0.6 is 0 Å². The summed E-state index contributed by atoms with van der Waals surface area (Å²) < 4.78 is 38.7. The molecular formula is C17H14F3NO3. The highest BCUT2D eigenvalue weighted by molar-refractivity contribution is 6.00. The van der Waals surface area contributed by atoms with Gasteiger partial charge in [0.15, 0.2) is 0 Å². The van der Waals surface area contributed by atoms with Crippen molar-refractivity contribution in [2.45, 2.75) is 19.0 Å². The molecule has 7 heteroatoms. The summed E-state index contributed by atoms with van der Waals surface area (Å²) in [7, 11) is 0. The van der Waals surface area contributed by atoms with Crippen LogP contribution in [0.25, 0.3) is 0 Å². The number of carboxylic acid groups (broad SMARTS) is 1. The third kappa shape index (κ3) is 4.34. The normalized spacial score (nSPS) is 11.1. The van der Waals surface area contributed by atoms with Gasteiger partial charge in [0.25, 0.3) is 0 Å². The lowest BCUT2D eigenvalue weighted by Gasteiger charge is -2.13. The van der Waals surface area contributed by atoms with Crippen LogP contribution in [0.1, 0.15) is 27.9 Å². The van der Waals surface area contributed by atoms with Gasteiger partial charge in [0.05, 0.1) is 16.8 Å². The molecule has 0 spiro atoms. The van der Waals surface area contributed by atoms with Crippen molar-refractivity contribution in [3.05, 3.63) is 65.2 Å². The SMILES string of the molecule is O=C(CCc1ccccc1C(F)(F)F)Nc1ccccc1C(=O)O. The number of rotatable bonds is 5. The number of aryl methyl sites for hydroxylation is 1. The lowest BCUT2D eigenvalue weighted by Crippen LogP contribution is -2.16. The number of carbonyl (C=O) groups excluding carboxylic acids is 1. The van der Waals surface area contributed by atoms with Crippen LogP contribution in [0.2, 0.25) is 0 Å². The number of anilines is 1.